The highest BCUT2D eigenvalue weighted by atomic mass is 35.5. The van der Waals surface area contributed by atoms with E-state index in [1.165, 1.54) is 31.3 Å². The minimum atomic E-state index is 0.561. The number of halogens is 1. The third-order valence-electron chi connectivity index (χ3n) is 5.30. The molecule has 2 saturated carbocycles. The molecule has 0 unspecified atom stereocenters. The number of hydrogen-bond acceptors (Lipinski definition) is 2. The fourth-order valence-corrected chi connectivity index (χ4v) is 3.97. The van der Waals surface area contributed by atoms with Crippen LogP contribution in [0.3, 0.4) is 0 Å². The molecule has 0 spiro atoms. The first-order valence-corrected chi connectivity index (χ1v) is 8.70. The highest BCUT2D eigenvalue weighted by Gasteiger charge is 2.54. The van der Waals surface area contributed by atoms with Crippen LogP contribution in [0, 0.1) is 18.3 Å². The van der Waals surface area contributed by atoms with Gasteiger partial charge in [0.15, 0.2) is 5.65 Å². The van der Waals surface area contributed by atoms with E-state index in [4.69, 9.17) is 16.6 Å². The largest absolute Gasteiger partial charge is 0.312 e. The standard InChI is InChI=1S/C16H23ClN4/c1-3-21-15-14(11(2)19-21)18-13(6-9-17)20(15)10-16(7-8-16)12-4-5-12/h12H,3-10H2,1-2H3. The number of rotatable bonds is 6. The van der Waals surface area contributed by atoms with Gasteiger partial charge in [-0.25, -0.2) is 9.67 Å². The summed E-state index contributed by atoms with van der Waals surface area (Å²) < 4.78 is 4.55. The number of hydrogen-bond donors (Lipinski definition) is 0. The minimum absolute atomic E-state index is 0.561. The van der Waals surface area contributed by atoms with Crippen LogP contribution in [-0.2, 0) is 19.5 Å². The van der Waals surface area contributed by atoms with E-state index < -0.39 is 0 Å². The molecule has 2 fully saturated rings. The Balaban J connectivity index is 1.81. The molecule has 2 aromatic rings. The van der Waals surface area contributed by atoms with Crippen LogP contribution in [0.1, 0.15) is 44.1 Å². The fraction of sp³-hybridized carbons (Fsp3) is 0.750. The molecule has 2 heterocycles. The molecule has 2 aliphatic carbocycles. The predicted molar refractivity (Wildman–Crippen MR) is 84.7 cm³/mol. The quantitative estimate of drug-likeness (QED) is 0.765. The lowest BCUT2D eigenvalue weighted by Gasteiger charge is -2.18. The van der Waals surface area contributed by atoms with Gasteiger partial charge in [-0.1, -0.05) is 0 Å². The first-order valence-electron chi connectivity index (χ1n) is 8.17. The summed E-state index contributed by atoms with van der Waals surface area (Å²) in [6, 6.07) is 0. The Morgan fingerprint density at radius 1 is 1.33 bits per heavy atom. The van der Waals surface area contributed by atoms with Crippen LogP contribution >= 0.6 is 11.6 Å². The van der Waals surface area contributed by atoms with Crippen molar-refractivity contribution in [1.29, 1.82) is 0 Å². The molecule has 0 N–H and O–H groups in total. The number of aryl methyl sites for hydroxylation is 3. The maximum absolute atomic E-state index is 6.00. The second kappa shape index (κ2) is 4.73. The lowest BCUT2D eigenvalue weighted by Crippen LogP contribution is -2.18. The number of fused-ring (bicyclic) bond motifs is 1. The molecular formula is C16H23ClN4. The van der Waals surface area contributed by atoms with Crippen molar-refractivity contribution >= 4 is 22.8 Å². The first kappa shape index (κ1) is 13.6. The van der Waals surface area contributed by atoms with Crippen LogP contribution in [-0.4, -0.2) is 25.2 Å². The van der Waals surface area contributed by atoms with Crippen molar-refractivity contribution in [1.82, 2.24) is 19.3 Å². The average Bonchev–Trinajstić information content (AvgIpc) is 3.36. The molecule has 0 aliphatic heterocycles. The molecule has 0 amide bonds. The van der Waals surface area contributed by atoms with E-state index >= 15 is 0 Å². The Morgan fingerprint density at radius 2 is 2.10 bits per heavy atom. The summed E-state index contributed by atoms with van der Waals surface area (Å²) in [4.78, 5) is 4.86. The smallest absolute Gasteiger partial charge is 0.158 e. The summed E-state index contributed by atoms with van der Waals surface area (Å²) >= 11 is 6.00. The average molecular weight is 307 g/mol. The third-order valence-corrected chi connectivity index (χ3v) is 5.49. The highest BCUT2D eigenvalue weighted by molar-refractivity contribution is 6.17. The summed E-state index contributed by atoms with van der Waals surface area (Å²) in [6.45, 7) is 6.22. The van der Waals surface area contributed by atoms with Gasteiger partial charge in [-0.3, -0.25) is 0 Å². The van der Waals surface area contributed by atoms with Crippen molar-refractivity contribution in [2.24, 2.45) is 11.3 Å². The molecular weight excluding hydrogens is 284 g/mol. The van der Waals surface area contributed by atoms with Crippen molar-refractivity contribution in [3.05, 3.63) is 11.5 Å². The van der Waals surface area contributed by atoms with Crippen molar-refractivity contribution < 1.29 is 0 Å². The summed E-state index contributed by atoms with van der Waals surface area (Å²) in [7, 11) is 0. The molecule has 0 bridgehead atoms. The highest BCUT2D eigenvalue weighted by Crippen LogP contribution is 2.62. The van der Waals surface area contributed by atoms with E-state index in [-0.39, 0.29) is 0 Å². The molecule has 4 nitrogen and oxygen atoms in total. The van der Waals surface area contributed by atoms with Crippen molar-refractivity contribution in [3.63, 3.8) is 0 Å². The molecule has 0 aromatic carbocycles. The maximum atomic E-state index is 6.00. The molecule has 2 aromatic heterocycles. The fourth-order valence-electron chi connectivity index (χ4n) is 3.80. The molecule has 0 radical (unpaired) electrons. The summed E-state index contributed by atoms with van der Waals surface area (Å²) in [5.74, 6) is 2.74. The van der Waals surface area contributed by atoms with Crippen LogP contribution in [0.2, 0.25) is 0 Å². The second-order valence-electron chi connectivity index (χ2n) is 6.76. The van der Waals surface area contributed by atoms with Crippen molar-refractivity contribution in [3.8, 4) is 0 Å². The predicted octanol–water partition coefficient (Wildman–Crippen LogP) is 3.53. The van der Waals surface area contributed by atoms with Gasteiger partial charge in [-0.15, -0.1) is 11.6 Å². The van der Waals surface area contributed by atoms with Gasteiger partial charge in [0.1, 0.15) is 11.3 Å². The zero-order chi connectivity index (χ0) is 14.6. The Labute approximate surface area is 130 Å². The summed E-state index contributed by atoms with van der Waals surface area (Å²) in [5.41, 5.74) is 3.88. The van der Waals surface area contributed by atoms with Gasteiger partial charge < -0.3 is 4.57 Å². The SMILES string of the molecule is CCn1nc(C)c2nc(CCCl)n(CC3(C4CC4)CC3)c21. The van der Waals surface area contributed by atoms with Gasteiger partial charge in [-0.2, -0.15) is 5.10 Å². The van der Waals surface area contributed by atoms with Gasteiger partial charge in [-0.05, 0) is 50.9 Å². The molecule has 114 valence electrons. The second-order valence-corrected chi connectivity index (χ2v) is 7.14. The van der Waals surface area contributed by atoms with E-state index in [0.717, 1.165) is 42.5 Å². The lowest BCUT2D eigenvalue weighted by molar-refractivity contribution is 0.366. The van der Waals surface area contributed by atoms with E-state index in [0.29, 0.717) is 11.3 Å². The maximum Gasteiger partial charge on any atom is 0.158 e. The van der Waals surface area contributed by atoms with Gasteiger partial charge >= 0.3 is 0 Å². The molecule has 0 atom stereocenters. The molecule has 5 heteroatoms. The molecule has 2 aliphatic rings. The van der Waals surface area contributed by atoms with E-state index in [9.17, 15) is 0 Å². The number of alkyl halides is 1. The molecule has 0 saturated heterocycles. The molecule has 21 heavy (non-hydrogen) atoms. The Bertz CT molecular complexity index is 676. The summed E-state index contributed by atoms with van der Waals surface area (Å²) in [5, 5.41) is 4.64. The van der Waals surface area contributed by atoms with Crippen molar-refractivity contribution in [2.75, 3.05) is 5.88 Å². The summed E-state index contributed by atoms with van der Waals surface area (Å²) in [6.07, 6.45) is 6.47. The Morgan fingerprint density at radius 3 is 2.67 bits per heavy atom. The zero-order valence-corrected chi connectivity index (χ0v) is 13.7. The van der Waals surface area contributed by atoms with Crippen LogP contribution in [0.5, 0.6) is 0 Å². The Kier molecular flexibility index (Phi) is 3.07. The van der Waals surface area contributed by atoms with Crippen molar-refractivity contribution in [2.45, 2.75) is 59.0 Å². The van der Waals surface area contributed by atoms with Gasteiger partial charge in [0, 0.05) is 25.4 Å². The van der Waals surface area contributed by atoms with Gasteiger partial charge in [0.25, 0.3) is 0 Å². The van der Waals surface area contributed by atoms with Crippen LogP contribution in [0.4, 0.5) is 0 Å². The number of nitrogens with zero attached hydrogens (tertiary/aromatic N) is 4. The van der Waals surface area contributed by atoms with Crippen LogP contribution in [0.25, 0.3) is 11.2 Å². The topological polar surface area (TPSA) is 35.6 Å². The lowest BCUT2D eigenvalue weighted by atomic mass is 10.0. The van der Waals surface area contributed by atoms with Crippen LogP contribution in [0.15, 0.2) is 0 Å². The molecule has 4 rings (SSSR count). The minimum Gasteiger partial charge on any atom is -0.312 e. The number of aromatic nitrogens is 4. The third kappa shape index (κ3) is 2.10. The number of imidazole rings is 1. The van der Waals surface area contributed by atoms with Gasteiger partial charge in [0.05, 0.1) is 5.69 Å². The normalized spacial score (nSPS) is 20.3. The zero-order valence-electron chi connectivity index (χ0n) is 12.9. The monoisotopic (exact) mass is 306 g/mol. The first-order chi connectivity index (χ1) is 10.2. The van der Waals surface area contributed by atoms with E-state index in [1.807, 2.05) is 0 Å². The van der Waals surface area contributed by atoms with Crippen LogP contribution < -0.4 is 0 Å². The van der Waals surface area contributed by atoms with E-state index in [2.05, 4.69) is 28.2 Å². The van der Waals surface area contributed by atoms with Gasteiger partial charge in [0.2, 0.25) is 0 Å². The Hall–Kier alpha value is -1.03. The van der Waals surface area contributed by atoms with E-state index in [1.54, 1.807) is 0 Å².